The summed E-state index contributed by atoms with van der Waals surface area (Å²) < 4.78 is 0. The largest absolute Gasteiger partial charge is 0.370 e. The Balaban J connectivity index is 1.62. The van der Waals surface area contributed by atoms with Crippen molar-refractivity contribution in [2.75, 3.05) is 6.54 Å². The molecule has 2 aliphatic rings. The van der Waals surface area contributed by atoms with Crippen molar-refractivity contribution in [2.45, 2.75) is 19.4 Å². The van der Waals surface area contributed by atoms with Crippen LogP contribution in [0.5, 0.6) is 0 Å². The monoisotopic (exact) mass is 308 g/mol. The third-order valence-corrected chi connectivity index (χ3v) is 4.38. The average Bonchev–Trinajstić information content (AvgIpc) is 3.34. The molecule has 0 amide bonds. The van der Waals surface area contributed by atoms with Crippen molar-refractivity contribution in [3.8, 4) is 0 Å². The van der Waals surface area contributed by atoms with Crippen molar-refractivity contribution in [3.63, 3.8) is 0 Å². The second-order valence-electron chi connectivity index (χ2n) is 6.01. The van der Waals surface area contributed by atoms with Gasteiger partial charge in [0.1, 0.15) is 12.1 Å². The molecule has 2 unspecified atom stereocenters. The van der Waals surface area contributed by atoms with E-state index in [2.05, 4.69) is 25.9 Å². The molecule has 6 nitrogen and oxygen atoms in total. The Morgan fingerprint density at radius 3 is 3.00 bits per heavy atom. The molecule has 0 radical (unpaired) electrons. The highest BCUT2D eigenvalue weighted by molar-refractivity contribution is 5.82. The number of carbonyl (C=O) groups excluding carboxylic acids is 1. The minimum atomic E-state index is -0.167. The Morgan fingerprint density at radius 1 is 1.43 bits per heavy atom. The number of aromatic amines is 1. The van der Waals surface area contributed by atoms with Crippen LogP contribution < -0.4 is 5.56 Å². The van der Waals surface area contributed by atoms with E-state index in [0.717, 1.165) is 30.5 Å². The van der Waals surface area contributed by atoms with Gasteiger partial charge >= 0.3 is 0 Å². The molecule has 2 aromatic rings. The van der Waals surface area contributed by atoms with E-state index >= 15 is 0 Å². The van der Waals surface area contributed by atoms with Gasteiger partial charge in [-0.3, -0.25) is 9.78 Å². The normalized spacial score (nSPS) is 23.0. The number of rotatable bonds is 3. The van der Waals surface area contributed by atoms with Gasteiger partial charge in [-0.2, -0.15) is 0 Å². The molecule has 2 aromatic heterocycles. The lowest BCUT2D eigenvalue weighted by atomic mass is 10.1. The summed E-state index contributed by atoms with van der Waals surface area (Å²) in [4.78, 5) is 36.3. The van der Waals surface area contributed by atoms with Crippen molar-refractivity contribution in [1.82, 2.24) is 19.9 Å². The Bertz CT molecular complexity index is 912. The maximum atomic E-state index is 11.9. The van der Waals surface area contributed by atoms with Gasteiger partial charge in [0, 0.05) is 30.9 Å². The Hall–Kier alpha value is -2.76. The van der Waals surface area contributed by atoms with Crippen LogP contribution in [0.1, 0.15) is 17.9 Å². The van der Waals surface area contributed by atoms with Crippen LogP contribution in [0.2, 0.25) is 0 Å². The number of fused-ring (bicyclic) bond motifs is 1. The zero-order chi connectivity index (χ0) is 16.0. The topological polar surface area (TPSA) is 79.0 Å². The first kappa shape index (κ1) is 13.9. The quantitative estimate of drug-likeness (QED) is 0.868. The van der Waals surface area contributed by atoms with Crippen LogP contribution in [-0.2, 0) is 4.79 Å². The summed E-state index contributed by atoms with van der Waals surface area (Å²) in [5.74, 6) is 0.764. The molecule has 23 heavy (non-hydrogen) atoms. The number of aryl methyl sites for hydroxylation is 1. The van der Waals surface area contributed by atoms with Gasteiger partial charge in [-0.1, -0.05) is 6.08 Å². The average molecular weight is 308 g/mol. The van der Waals surface area contributed by atoms with E-state index in [0.29, 0.717) is 22.8 Å². The summed E-state index contributed by atoms with van der Waals surface area (Å²) in [7, 11) is 0. The molecule has 2 atom stereocenters. The van der Waals surface area contributed by atoms with E-state index in [1.807, 2.05) is 18.3 Å². The van der Waals surface area contributed by atoms with E-state index < -0.39 is 0 Å². The molecule has 1 aliphatic heterocycles. The molecule has 1 N–H and O–H groups in total. The number of aldehydes is 1. The van der Waals surface area contributed by atoms with Crippen molar-refractivity contribution >= 4 is 22.8 Å². The van der Waals surface area contributed by atoms with E-state index in [1.54, 1.807) is 13.1 Å². The molecule has 4 rings (SSSR count). The Kier molecular flexibility index (Phi) is 3.11. The van der Waals surface area contributed by atoms with E-state index in [4.69, 9.17) is 0 Å². The maximum absolute atomic E-state index is 11.9. The predicted octanol–water partition coefficient (Wildman–Crippen LogP) is 1.43. The fourth-order valence-electron chi connectivity index (χ4n) is 2.98. The van der Waals surface area contributed by atoms with Crippen LogP contribution >= 0.6 is 0 Å². The summed E-state index contributed by atoms with van der Waals surface area (Å²) in [6.07, 6.45) is 9.66. The number of hydrogen-bond acceptors (Lipinski definition) is 5. The first-order chi connectivity index (χ1) is 11.2. The molecule has 116 valence electrons. The summed E-state index contributed by atoms with van der Waals surface area (Å²) in [5, 5.41) is 0.494. The summed E-state index contributed by atoms with van der Waals surface area (Å²) >= 11 is 0. The van der Waals surface area contributed by atoms with Crippen molar-refractivity contribution in [3.05, 3.63) is 52.5 Å². The molecular weight excluding hydrogens is 292 g/mol. The van der Waals surface area contributed by atoms with Crippen molar-refractivity contribution < 1.29 is 4.79 Å². The van der Waals surface area contributed by atoms with Crippen LogP contribution in [-0.4, -0.2) is 38.7 Å². The zero-order valence-electron chi connectivity index (χ0n) is 12.7. The number of nitrogens with one attached hydrogen (secondary N) is 1. The summed E-state index contributed by atoms with van der Waals surface area (Å²) in [6.45, 7) is 2.53. The second-order valence-corrected chi connectivity index (χ2v) is 6.01. The van der Waals surface area contributed by atoms with Gasteiger partial charge in [0.2, 0.25) is 0 Å². The fraction of sp³-hybridized carbons (Fsp3) is 0.294. The fourth-order valence-corrected chi connectivity index (χ4v) is 2.98. The zero-order valence-corrected chi connectivity index (χ0v) is 12.7. The van der Waals surface area contributed by atoms with Gasteiger partial charge in [-0.15, -0.1) is 0 Å². The van der Waals surface area contributed by atoms with Crippen molar-refractivity contribution in [2.24, 2.45) is 5.92 Å². The van der Waals surface area contributed by atoms with Crippen LogP contribution in [0.4, 0.5) is 0 Å². The predicted molar refractivity (Wildman–Crippen MR) is 86.7 cm³/mol. The van der Waals surface area contributed by atoms with E-state index in [1.165, 1.54) is 0 Å². The first-order valence-corrected chi connectivity index (χ1v) is 7.62. The van der Waals surface area contributed by atoms with Crippen LogP contribution in [0.25, 0.3) is 16.5 Å². The molecule has 0 aromatic carbocycles. The van der Waals surface area contributed by atoms with Gasteiger partial charge in [0.05, 0.1) is 16.6 Å². The van der Waals surface area contributed by atoms with Crippen LogP contribution in [0.3, 0.4) is 0 Å². The Morgan fingerprint density at radius 2 is 2.30 bits per heavy atom. The lowest BCUT2D eigenvalue weighted by Crippen LogP contribution is -2.23. The molecule has 3 heterocycles. The SMILES string of the molecule is Cc1nc2cc(C3=CCN(C4CC4C=O)C=C3)ncc2c(=O)[nH]1. The van der Waals surface area contributed by atoms with Crippen molar-refractivity contribution in [1.29, 1.82) is 0 Å². The van der Waals surface area contributed by atoms with Gasteiger partial charge in [0.15, 0.2) is 0 Å². The molecular formula is C17H16N4O2. The van der Waals surface area contributed by atoms with Crippen LogP contribution in [0, 0.1) is 12.8 Å². The third-order valence-electron chi connectivity index (χ3n) is 4.38. The third kappa shape index (κ3) is 2.46. The number of H-pyrrole nitrogens is 1. The molecule has 1 aliphatic carbocycles. The Labute approximate surface area is 132 Å². The molecule has 0 saturated heterocycles. The number of pyridine rings is 1. The number of hydrogen-bond donors (Lipinski definition) is 1. The highest BCUT2D eigenvalue weighted by atomic mass is 16.1. The highest BCUT2D eigenvalue weighted by Gasteiger charge is 2.40. The smallest absolute Gasteiger partial charge is 0.260 e. The molecule has 0 bridgehead atoms. The lowest BCUT2D eigenvalue weighted by Gasteiger charge is -2.22. The molecule has 1 fully saturated rings. The number of aromatic nitrogens is 3. The van der Waals surface area contributed by atoms with Gasteiger partial charge in [0.25, 0.3) is 5.56 Å². The van der Waals surface area contributed by atoms with E-state index in [9.17, 15) is 9.59 Å². The first-order valence-electron chi connectivity index (χ1n) is 7.62. The minimum Gasteiger partial charge on any atom is -0.370 e. The number of allylic oxidation sites excluding steroid dienone is 2. The van der Waals surface area contributed by atoms with Crippen LogP contribution in [0.15, 0.2) is 35.4 Å². The highest BCUT2D eigenvalue weighted by Crippen LogP contribution is 2.35. The standard InChI is InChI=1S/C17H16N4O2/c1-10-19-15-7-14(18-8-13(15)17(23)20-10)11-2-4-21(5-3-11)16-6-12(16)9-22/h2-4,7-9,12,16H,5-6H2,1H3,(H,19,20,23). The molecule has 0 spiro atoms. The summed E-state index contributed by atoms with van der Waals surface area (Å²) in [6, 6.07) is 2.18. The minimum absolute atomic E-state index is 0.167. The second kappa shape index (κ2) is 5.15. The maximum Gasteiger partial charge on any atom is 0.260 e. The van der Waals surface area contributed by atoms with E-state index in [-0.39, 0.29) is 11.5 Å². The lowest BCUT2D eigenvalue weighted by molar-refractivity contribution is -0.109. The number of nitrogens with zero attached hydrogens (tertiary/aromatic N) is 3. The van der Waals surface area contributed by atoms with Gasteiger partial charge in [-0.05, 0) is 31.1 Å². The summed E-state index contributed by atoms with van der Waals surface area (Å²) in [5.41, 5.74) is 2.29. The van der Waals surface area contributed by atoms with Gasteiger partial charge in [-0.25, -0.2) is 4.98 Å². The van der Waals surface area contributed by atoms with Gasteiger partial charge < -0.3 is 14.7 Å². The molecule has 1 saturated carbocycles. The number of carbonyl (C=O) groups is 1. The molecule has 6 heteroatoms.